The predicted molar refractivity (Wildman–Crippen MR) is 85.6 cm³/mol. The van der Waals surface area contributed by atoms with E-state index in [0.717, 1.165) is 32.5 Å². The van der Waals surface area contributed by atoms with Gasteiger partial charge >= 0.3 is 0 Å². The van der Waals surface area contributed by atoms with Crippen molar-refractivity contribution in [3.63, 3.8) is 0 Å². The quantitative estimate of drug-likeness (QED) is 0.751. The molecule has 21 heavy (non-hydrogen) atoms. The molecule has 0 fully saturated rings. The summed E-state index contributed by atoms with van der Waals surface area (Å²) in [6, 6.07) is 0. The first-order valence-electron chi connectivity index (χ1n) is 7.58. The first kappa shape index (κ1) is 17.4. The highest BCUT2D eigenvalue weighted by atomic mass is 16.2. The number of carbonyl (C=O) groups excluding carboxylic acids is 1. The van der Waals surface area contributed by atoms with Crippen LogP contribution in [-0.2, 0) is 0 Å². The molecular formula is C15H27N5O. The molecule has 6 heteroatoms. The maximum Gasteiger partial charge on any atom is 0.274 e. The molecule has 0 aliphatic heterocycles. The Morgan fingerprint density at radius 1 is 1.14 bits per heavy atom. The molecule has 0 atom stereocenters. The van der Waals surface area contributed by atoms with Crippen molar-refractivity contribution in [2.24, 2.45) is 0 Å². The molecule has 1 rings (SSSR count). The summed E-state index contributed by atoms with van der Waals surface area (Å²) in [7, 11) is 4.01. The van der Waals surface area contributed by atoms with Crippen LogP contribution in [0, 0.1) is 0 Å². The van der Waals surface area contributed by atoms with Gasteiger partial charge in [-0.05, 0) is 26.9 Å². The molecule has 6 nitrogen and oxygen atoms in total. The molecule has 0 saturated carbocycles. The molecule has 1 aromatic heterocycles. The van der Waals surface area contributed by atoms with Gasteiger partial charge in [-0.2, -0.15) is 0 Å². The van der Waals surface area contributed by atoms with Crippen molar-refractivity contribution >= 4 is 11.7 Å². The van der Waals surface area contributed by atoms with Crippen molar-refractivity contribution in [1.29, 1.82) is 0 Å². The van der Waals surface area contributed by atoms with Gasteiger partial charge in [0.1, 0.15) is 11.5 Å². The summed E-state index contributed by atoms with van der Waals surface area (Å²) in [5.74, 6) is 0.609. The summed E-state index contributed by atoms with van der Waals surface area (Å²) in [5, 5.41) is 3.16. The van der Waals surface area contributed by atoms with Gasteiger partial charge in [0.05, 0.1) is 12.4 Å². The smallest absolute Gasteiger partial charge is 0.274 e. The Morgan fingerprint density at radius 2 is 1.90 bits per heavy atom. The summed E-state index contributed by atoms with van der Waals surface area (Å²) in [4.78, 5) is 24.9. The number of carbonyl (C=O) groups is 1. The third-order valence-electron chi connectivity index (χ3n) is 3.01. The second-order valence-corrected chi connectivity index (χ2v) is 5.31. The minimum atomic E-state index is -0.0497. The SMILES string of the molecule is CCCNc1cncc(C(=O)N(CCC)CCN(C)C)n1. The number of nitrogens with zero attached hydrogens (tertiary/aromatic N) is 4. The number of likely N-dealkylation sites (N-methyl/N-ethyl adjacent to an activating group) is 1. The molecule has 0 saturated heterocycles. The van der Waals surface area contributed by atoms with Crippen molar-refractivity contribution in [3.05, 3.63) is 18.1 Å². The molecule has 0 aliphatic rings. The fraction of sp³-hybridized carbons (Fsp3) is 0.667. The summed E-state index contributed by atoms with van der Waals surface area (Å²) in [6.45, 7) is 7.26. The van der Waals surface area contributed by atoms with Gasteiger partial charge in [0.15, 0.2) is 0 Å². The summed E-state index contributed by atoms with van der Waals surface area (Å²) >= 11 is 0. The van der Waals surface area contributed by atoms with E-state index < -0.39 is 0 Å². The van der Waals surface area contributed by atoms with Crippen molar-refractivity contribution in [1.82, 2.24) is 19.8 Å². The Morgan fingerprint density at radius 3 is 2.52 bits per heavy atom. The Bertz CT molecular complexity index is 436. The van der Waals surface area contributed by atoms with E-state index in [1.54, 1.807) is 6.20 Å². The third-order valence-corrected chi connectivity index (χ3v) is 3.01. The molecule has 1 N–H and O–H groups in total. The van der Waals surface area contributed by atoms with Gasteiger partial charge in [-0.25, -0.2) is 4.98 Å². The monoisotopic (exact) mass is 293 g/mol. The Labute approximate surface area is 127 Å². The van der Waals surface area contributed by atoms with Gasteiger partial charge in [0.25, 0.3) is 5.91 Å². The predicted octanol–water partition coefficient (Wildman–Crippen LogP) is 1.71. The second-order valence-electron chi connectivity index (χ2n) is 5.31. The van der Waals surface area contributed by atoms with Gasteiger partial charge in [-0.15, -0.1) is 0 Å². The van der Waals surface area contributed by atoms with E-state index in [9.17, 15) is 4.79 Å². The van der Waals surface area contributed by atoms with E-state index in [0.29, 0.717) is 18.1 Å². The Balaban J connectivity index is 2.77. The average molecular weight is 293 g/mol. The lowest BCUT2D eigenvalue weighted by Crippen LogP contribution is -2.37. The zero-order valence-electron chi connectivity index (χ0n) is 13.6. The topological polar surface area (TPSA) is 61.4 Å². The lowest BCUT2D eigenvalue weighted by Gasteiger charge is -2.23. The third kappa shape index (κ3) is 6.08. The first-order chi connectivity index (χ1) is 10.1. The zero-order valence-corrected chi connectivity index (χ0v) is 13.6. The van der Waals surface area contributed by atoms with Gasteiger partial charge in [0.2, 0.25) is 0 Å². The van der Waals surface area contributed by atoms with Crippen LogP contribution in [0.1, 0.15) is 37.2 Å². The van der Waals surface area contributed by atoms with E-state index >= 15 is 0 Å². The van der Waals surface area contributed by atoms with Crippen LogP contribution >= 0.6 is 0 Å². The molecule has 1 aromatic rings. The molecule has 0 spiro atoms. The largest absolute Gasteiger partial charge is 0.369 e. The molecule has 118 valence electrons. The minimum absolute atomic E-state index is 0.0497. The van der Waals surface area contributed by atoms with Crippen LogP contribution in [0.2, 0.25) is 0 Å². The number of hydrogen-bond acceptors (Lipinski definition) is 5. The summed E-state index contributed by atoms with van der Waals surface area (Å²) in [6.07, 6.45) is 5.12. The fourth-order valence-electron chi connectivity index (χ4n) is 1.87. The average Bonchev–Trinajstić information content (AvgIpc) is 2.48. The van der Waals surface area contributed by atoms with Gasteiger partial charge in [-0.1, -0.05) is 13.8 Å². The molecular weight excluding hydrogens is 266 g/mol. The van der Waals surface area contributed by atoms with E-state index in [1.807, 2.05) is 19.0 Å². The molecule has 0 aliphatic carbocycles. The van der Waals surface area contributed by atoms with Crippen LogP contribution in [0.25, 0.3) is 0 Å². The summed E-state index contributed by atoms with van der Waals surface area (Å²) < 4.78 is 0. The van der Waals surface area contributed by atoms with E-state index in [-0.39, 0.29) is 5.91 Å². The standard InChI is InChI=1S/C15H27N5O/c1-5-7-17-14-12-16-11-13(18-14)15(21)20(8-6-2)10-9-19(3)4/h11-12H,5-10H2,1-4H3,(H,17,18). The number of amides is 1. The van der Waals surface area contributed by atoms with Crippen molar-refractivity contribution in [2.75, 3.05) is 45.6 Å². The molecule has 1 amide bonds. The molecule has 0 aromatic carbocycles. The van der Waals surface area contributed by atoms with E-state index in [1.165, 1.54) is 6.20 Å². The molecule has 0 bridgehead atoms. The van der Waals surface area contributed by atoms with Crippen molar-refractivity contribution in [2.45, 2.75) is 26.7 Å². The number of nitrogens with one attached hydrogen (secondary N) is 1. The van der Waals surface area contributed by atoms with Crippen LogP contribution in [0.5, 0.6) is 0 Å². The number of rotatable bonds is 9. The van der Waals surface area contributed by atoms with Crippen LogP contribution in [0.15, 0.2) is 12.4 Å². The molecule has 0 unspecified atom stereocenters. The van der Waals surface area contributed by atoms with Crippen LogP contribution in [0.3, 0.4) is 0 Å². The van der Waals surface area contributed by atoms with Crippen molar-refractivity contribution in [3.8, 4) is 0 Å². The highest BCUT2D eigenvalue weighted by Gasteiger charge is 2.17. The fourth-order valence-corrected chi connectivity index (χ4v) is 1.87. The Hall–Kier alpha value is -1.69. The maximum absolute atomic E-state index is 12.6. The number of anilines is 1. The molecule has 1 heterocycles. The number of hydrogen-bond donors (Lipinski definition) is 1. The van der Waals surface area contributed by atoms with Gasteiger partial charge in [0, 0.05) is 26.2 Å². The van der Waals surface area contributed by atoms with Gasteiger partial charge in [-0.3, -0.25) is 9.78 Å². The zero-order chi connectivity index (χ0) is 15.7. The van der Waals surface area contributed by atoms with Crippen LogP contribution in [0.4, 0.5) is 5.82 Å². The van der Waals surface area contributed by atoms with Gasteiger partial charge < -0.3 is 15.1 Å². The number of aromatic nitrogens is 2. The Kier molecular flexibility index (Phi) is 7.68. The van der Waals surface area contributed by atoms with Crippen LogP contribution in [-0.4, -0.2) is 65.9 Å². The summed E-state index contributed by atoms with van der Waals surface area (Å²) in [5.41, 5.74) is 0.406. The van der Waals surface area contributed by atoms with E-state index in [4.69, 9.17) is 0 Å². The van der Waals surface area contributed by atoms with E-state index in [2.05, 4.69) is 34.0 Å². The minimum Gasteiger partial charge on any atom is -0.369 e. The normalized spacial score (nSPS) is 10.7. The van der Waals surface area contributed by atoms with Crippen molar-refractivity contribution < 1.29 is 4.79 Å². The lowest BCUT2D eigenvalue weighted by atomic mass is 10.3. The first-order valence-corrected chi connectivity index (χ1v) is 7.58. The maximum atomic E-state index is 12.6. The second kappa shape index (κ2) is 9.28. The van der Waals surface area contributed by atoms with Crippen LogP contribution < -0.4 is 5.32 Å². The highest BCUT2D eigenvalue weighted by molar-refractivity contribution is 5.92. The lowest BCUT2D eigenvalue weighted by molar-refractivity contribution is 0.0738. The molecule has 0 radical (unpaired) electrons. The highest BCUT2D eigenvalue weighted by Crippen LogP contribution is 2.06.